The summed E-state index contributed by atoms with van der Waals surface area (Å²) in [6.45, 7) is 0. The van der Waals surface area contributed by atoms with E-state index in [2.05, 4.69) is 5.32 Å². The van der Waals surface area contributed by atoms with Gasteiger partial charge in [0.1, 0.15) is 0 Å². The summed E-state index contributed by atoms with van der Waals surface area (Å²) < 4.78 is 5.15. The SMILES string of the molecule is COc1ccc([C@@H]2Nc3ccc([N+](=O)[O-])cc3[C@@H]3[C@H]4CC[C@@H](C4)[C@@H]32)cc1[N+](=O)[O-]. The summed E-state index contributed by atoms with van der Waals surface area (Å²) in [7, 11) is 1.43. The number of hydrogen-bond donors (Lipinski definition) is 1. The predicted octanol–water partition coefficient (Wildman–Crippen LogP) is 4.81. The van der Waals surface area contributed by atoms with Gasteiger partial charge in [0, 0.05) is 23.9 Å². The van der Waals surface area contributed by atoms with Gasteiger partial charge in [0.25, 0.3) is 5.69 Å². The molecule has 0 spiro atoms. The van der Waals surface area contributed by atoms with E-state index in [1.807, 2.05) is 6.07 Å². The molecule has 5 rings (SSSR count). The number of methoxy groups -OCH3 is 1. The highest BCUT2D eigenvalue weighted by molar-refractivity contribution is 5.63. The second kappa shape index (κ2) is 6.43. The van der Waals surface area contributed by atoms with Crippen LogP contribution in [0.5, 0.6) is 5.75 Å². The van der Waals surface area contributed by atoms with Crippen molar-refractivity contribution in [1.82, 2.24) is 0 Å². The van der Waals surface area contributed by atoms with Crippen molar-refractivity contribution in [3.63, 3.8) is 0 Å². The summed E-state index contributed by atoms with van der Waals surface area (Å²) in [6, 6.07) is 10.1. The fourth-order valence-electron chi connectivity index (χ4n) is 5.96. The Balaban J connectivity index is 1.61. The third-order valence-corrected chi connectivity index (χ3v) is 7.04. The van der Waals surface area contributed by atoms with E-state index in [4.69, 9.17) is 4.74 Å². The van der Waals surface area contributed by atoms with Gasteiger partial charge >= 0.3 is 5.69 Å². The molecule has 0 unspecified atom stereocenters. The van der Waals surface area contributed by atoms with Crippen molar-refractivity contribution in [2.75, 3.05) is 12.4 Å². The van der Waals surface area contributed by atoms with E-state index < -0.39 is 4.92 Å². The Morgan fingerprint density at radius 3 is 2.55 bits per heavy atom. The maximum atomic E-state index is 11.5. The molecule has 0 amide bonds. The summed E-state index contributed by atoms with van der Waals surface area (Å²) >= 11 is 0. The third-order valence-electron chi connectivity index (χ3n) is 7.04. The van der Waals surface area contributed by atoms with Gasteiger partial charge in [-0.05, 0) is 66.2 Å². The van der Waals surface area contributed by atoms with Gasteiger partial charge in [0.15, 0.2) is 5.75 Å². The number of benzene rings is 2. The zero-order valence-corrected chi connectivity index (χ0v) is 15.9. The van der Waals surface area contributed by atoms with E-state index in [1.165, 1.54) is 13.2 Å². The zero-order chi connectivity index (χ0) is 20.3. The van der Waals surface area contributed by atoms with Gasteiger partial charge < -0.3 is 10.1 Å². The fraction of sp³-hybridized carbons (Fsp3) is 0.429. The van der Waals surface area contributed by atoms with Crippen LogP contribution < -0.4 is 10.1 Å². The monoisotopic (exact) mass is 395 g/mol. The number of ether oxygens (including phenoxy) is 1. The van der Waals surface area contributed by atoms with Crippen LogP contribution in [0.25, 0.3) is 0 Å². The van der Waals surface area contributed by atoms with Gasteiger partial charge in [0.05, 0.1) is 23.0 Å². The van der Waals surface area contributed by atoms with Crippen LogP contribution in [0.4, 0.5) is 17.1 Å². The first-order chi connectivity index (χ1) is 14.0. The van der Waals surface area contributed by atoms with Crippen molar-refractivity contribution in [2.24, 2.45) is 17.8 Å². The van der Waals surface area contributed by atoms with Crippen LogP contribution in [0.1, 0.15) is 42.3 Å². The quantitative estimate of drug-likeness (QED) is 0.588. The highest BCUT2D eigenvalue weighted by atomic mass is 16.6. The van der Waals surface area contributed by atoms with Crippen LogP contribution in [-0.4, -0.2) is 17.0 Å². The molecule has 5 atom stereocenters. The molecule has 0 saturated heterocycles. The van der Waals surface area contributed by atoms with Crippen LogP contribution in [0.15, 0.2) is 36.4 Å². The van der Waals surface area contributed by atoms with E-state index in [9.17, 15) is 20.2 Å². The largest absolute Gasteiger partial charge is 0.490 e. The Morgan fingerprint density at radius 2 is 1.83 bits per heavy atom. The normalized spacial score (nSPS) is 28.9. The highest BCUT2D eigenvalue weighted by Crippen LogP contribution is 2.64. The van der Waals surface area contributed by atoms with Crippen molar-refractivity contribution in [3.8, 4) is 5.75 Å². The van der Waals surface area contributed by atoms with Gasteiger partial charge in [-0.3, -0.25) is 20.2 Å². The number of nitrogens with one attached hydrogen (secondary N) is 1. The molecule has 1 aliphatic heterocycles. The minimum absolute atomic E-state index is 0.0407. The number of nitrogens with zero attached hydrogens (tertiary/aromatic N) is 2. The standard InChI is InChI=1S/C21H21N3O5/c1-29-18-7-4-13(9-17(18)24(27)28)21-20-12-3-2-11(8-12)19(20)15-10-14(23(25)26)5-6-16(15)22-21/h4-7,9-12,19-22H,2-3,8H2,1H3/t11-,12-,19-,20-,21-/m0/s1. The topological polar surface area (TPSA) is 108 Å². The molecule has 8 heteroatoms. The van der Waals surface area contributed by atoms with Gasteiger partial charge in [0.2, 0.25) is 0 Å². The maximum absolute atomic E-state index is 11.5. The van der Waals surface area contributed by atoms with Crippen molar-refractivity contribution in [3.05, 3.63) is 67.8 Å². The van der Waals surface area contributed by atoms with Crippen molar-refractivity contribution in [2.45, 2.75) is 31.2 Å². The number of fused-ring (bicyclic) bond motifs is 7. The zero-order valence-electron chi connectivity index (χ0n) is 15.9. The number of nitro benzene ring substituents is 2. The molecule has 2 aromatic rings. The lowest BCUT2D eigenvalue weighted by atomic mass is 9.68. The molecule has 2 bridgehead atoms. The Kier molecular flexibility index (Phi) is 3.97. The second-order valence-corrected chi connectivity index (χ2v) is 8.28. The lowest BCUT2D eigenvalue weighted by molar-refractivity contribution is -0.385. The second-order valence-electron chi connectivity index (χ2n) is 8.28. The smallest absolute Gasteiger partial charge is 0.311 e. The summed E-state index contributed by atoms with van der Waals surface area (Å²) in [5.41, 5.74) is 2.86. The van der Waals surface area contributed by atoms with E-state index in [0.717, 1.165) is 36.1 Å². The minimum atomic E-state index is -0.416. The predicted molar refractivity (Wildman–Crippen MR) is 106 cm³/mol. The number of non-ortho nitro benzene ring substituents is 1. The van der Waals surface area contributed by atoms with Crippen LogP contribution in [0.2, 0.25) is 0 Å². The molecule has 0 aromatic heterocycles. The fourth-order valence-corrected chi connectivity index (χ4v) is 5.96. The summed E-state index contributed by atoms with van der Waals surface area (Å²) in [6.07, 6.45) is 3.41. The average Bonchev–Trinajstić information content (AvgIpc) is 3.34. The summed E-state index contributed by atoms with van der Waals surface area (Å²) in [4.78, 5) is 22.0. The van der Waals surface area contributed by atoms with Crippen LogP contribution in [-0.2, 0) is 0 Å². The van der Waals surface area contributed by atoms with Gasteiger partial charge in [-0.1, -0.05) is 6.07 Å². The van der Waals surface area contributed by atoms with E-state index in [0.29, 0.717) is 11.8 Å². The number of anilines is 1. The first-order valence-electron chi connectivity index (χ1n) is 9.85. The molecule has 3 aliphatic rings. The summed E-state index contributed by atoms with van der Waals surface area (Å²) in [5, 5.41) is 26.4. The number of nitro groups is 2. The van der Waals surface area contributed by atoms with Crippen molar-refractivity contribution >= 4 is 17.1 Å². The van der Waals surface area contributed by atoms with E-state index >= 15 is 0 Å². The van der Waals surface area contributed by atoms with Crippen LogP contribution in [0.3, 0.4) is 0 Å². The van der Waals surface area contributed by atoms with Gasteiger partial charge in [-0.15, -0.1) is 0 Å². The molecule has 2 saturated carbocycles. The highest BCUT2D eigenvalue weighted by Gasteiger charge is 2.54. The average molecular weight is 395 g/mol. The first kappa shape index (κ1) is 17.9. The molecule has 8 nitrogen and oxygen atoms in total. The molecular formula is C21H21N3O5. The number of hydrogen-bond acceptors (Lipinski definition) is 6. The number of rotatable bonds is 4. The molecule has 2 fully saturated rings. The van der Waals surface area contributed by atoms with Crippen molar-refractivity contribution in [1.29, 1.82) is 0 Å². The van der Waals surface area contributed by atoms with Gasteiger partial charge in [-0.2, -0.15) is 0 Å². The molecular weight excluding hydrogens is 374 g/mol. The Morgan fingerprint density at radius 1 is 1.03 bits per heavy atom. The molecule has 29 heavy (non-hydrogen) atoms. The summed E-state index contributed by atoms with van der Waals surface area (Å²) in [5.74, 6) is 1.81. The molecule has 0 radical (unpaired) electrons. The molecule has 2 aromatic carbocycles. The molecule has 1 N–H and O–H groups in total. The molecule has 1 heterocycles. The lowest BCUT2D eigenvalue weighted by Gasteiger charge is -2.43. The first-order valence-corrected chi connectivity index (χ1v) is 9.85. The Bertz CT molecular complexity index is 1020. The Hall–Kier alpha value is -3.16. The van der Waals surface area contributed by atoms with Crippen LogP contribution >= 0.6 is 0 Å². The van der Waals surface area contributed by atoms with Crippen LogP contribution in [0, 0.1) is 38.0 Å². The minimum Gasteiger partial charge on any atom is -0.490 e. The Labute approximate surface area is 167 Å². The van der Waals surface area contributed by atoms with E-state index in [-0.39, 0.29) is 39.9 Å². The van der Waals surface area contributed by atoms with Gasteiger partial charge in [-0.25, -0.2) is 0 Å². The third kappa shape index (κ3) is 2.66. The molecule has 150 valence electrons. The van der Waals surface area contributed by atoms with Crippen molar-refractivity contribution < 1.29 is 14.6 Å². The van der Waals surface area contributed by atoms with E-state index in [1.54, 1.807) is 24.3 Å². The molecule has 2 aliphatic carbocycles. The lowest BCUT2D eigenvalue weighted by Crippen LogP contribution is -2.35. The maximum Gasteiger partial charge on any atom is 0.311 e.